The number of rotatable bonds is 1. The van der Waals surface area contributed by atoms with Gasteiger partial charge in [-0.1, -0.05) is 0 Å². The molecule has 0 saturated heterocycles. The molecule has 2 heterocycles. The molecule has 2 nitrogen and oxygen atoms in total. The van der Waals surface area contributed by atoms with E-state index in [0.717, 1.165) is 27.2 Å². The Morgan fingerprint density at radius 1 is 1.29 bits per heavy atom. The van der Waals surface area contributed by atoms with Gasteiger partial charge in [0, 0.05) is 22.2 Å². The molecule has 14 heavy (non-hydrogen) atoms. The number of nitrogens with zero attached hydrogens (tertiary/aromatic N) is 2. The number of aryl methyl sites for hydroxylation is 1. The molecule has 2 aromatic heterocycles. The Labute approximate surface area is 95.2 Å². The van der Waals surface area contributed by atoms with Crippen molar-refractivity contribution in [2.45, 2.75) is 13.8 Å². The van der Waals surface area contributed by atoms with Crippen molar-refractivity contribution in [1.29, 1.82) is 0 Å². The molecule has 0 N–H and O–H groups in total. The molecule has 0 aliphatic carbocycles. The van der Waals surface area contributed by atoms with Gasteiger partial charge in [0.2, 0.25) is 0 Å². The Morgan fingerprint density at radius 3 is 2.64 bits per heavy atom. The van der Waals surface area contributed by atoms with E-state index >= 15 is 0 Å². The van der Waals surface area contributed by atoms with E-state index in [1.165, 1.54) is 0 Å². The summed E-state index contributed by atoms with van der Waals surface area (Å²) in [6.45, 7) is 4.01. The Hall–Kier alpha value is -0.740. The lowest BCUT2D eigenvalue weighted by molar-refractivity contribution is 1.05. The van der Waals surface area contributed by atoms with Gasteiger partial charge >= 0.3 is 0 Å². The third-order valence-electron chi connectivity index (χ3n) is 2.11. The summed E-state index contributed by atoms with van der Waals surface area (Å²) in [5, 5.41) is 4.08. The van der Waals surface area contributed by atoms with Crippen LogP contribution in [0.4, 0.5) is 0 Å². The second kappa shape index (κ2) is 3.79. The molecular formula is C10H9BrN2S. The molecule has 0 saturated carbocycles. The summed E-state index contributed by atoms with van der Waals surface area (Å²) in [4.78, 5) is 8.83. The van der Waals surface area contributed by atoms with E-state index in [2.05, 4.69) is 31.3 Å². The van der Waals surface area contributed by atoms with Crippen LogP contribution < -0.4 is 0 Å². The number of hydrogen-bond donors (Lipinski definition) is 0. The first kappa shape index (κ1) is 9.80. The minimum absolute atomic E-state index is 0.793. The predicted octanol–water partition coefficient (Wildman–Crippen LogP) is 3.58. The number of aromatic nitrogens is 2. The Kier molecular flexibility index (Phi) is 2.65. The Morgan fingerprint density at radius 2 is 2.07 bits per heavy atom. The first-order valence-corrected chi connectivity index (χ1v) is 5.95. The molecule has 2 aromatic rings. The Balaban J connectivity index is 2.57. The largest absolute Gasteiger partial charge is 0.233 e. The summed E-state index contributed by atoms with van der Waals surface area (Å²) in [6.07, 6.45) is 0. The maximum atomic E-state index is 4.44. The van der Waals surface area contributed by atoms with Crippen molar-refractivity contribution in [3.05, 3.63) is 32.7 Å². The maximum absolute atomic E-state index is 4.44. The first-order chi connectivity index (χ1) is 6.68. The van der Waals surface area contributed by atoms with Gasteiger partial charge in [-0.05, 0) is 41.2 Å². The molecule has 0 fully saturated rings. The normalized spacial score (nSPS) is 10.5. The summed E-state index contributed by atoms with van der Waals surface area (Å²) in [7, 11) is 0. The molecule has 0 amide bonds. The summed E-state index contributed by atoms with van der Waals surface area (Å²) in [6, 6.07) is 2.03. The van der Waals surface area contributed by atoms with Crippen molar-refractivity contribution in [3.8, 4) is 11.4 Å². The fourth-order valence-corrected chi connectivity index (χ4v) is 2.20. The van der Waals surface area contributed by atoms with Crippen molar-refractivity contribution in [3.63, 3.8) is 0 Å². The summed E-state index contributed by atoms with van der Waals surface area (Å²) >= 11 is 5.09. The highest BCUT2D eigenvalue weighted by atomic mass is 79.9. The van der Waals surface area contributed by atoms with Gasteiger partial charge in [0.05, 0.1) is 0 Å². The Bertz CT molecular complexity index is 428. The van der Waals surface area contributed by atoms with Gasteiger partial charge in [-0.15, -0.1) is 0 Å². The average Bonchev–Trinajstić information content (AvgIpc) is 2.66. The van der Waals surface area contributed by atoms with Crippen LogP contribution in [-0.4, -0.2) is 9.97 Å². The monoisotopic (exact) mass is 268 g/mol. The molecule has 0 aromatic carbocycles. The van der Waals surface area contributed by atoms with Crippen LogP contribution in [0.3, 0.4) is 0 Å². The molecule has 0 radical (unpaired) electrons. The van der Waals surface area contributed by atoms with E-state index in [1.807, 2.05) is 25.3 Å². The van der Waals surface area contributed by atoms with Crippen molar-refractivity contribution in [1.82, 2.24) is 9.97 Å². The zero-order valence-electron chi connectivity index (χ0n) is 7.91. The van der Waals surface area contributed by atoms with Crippen LogP contribution in [0.25, 0.3) is 11.4 Å². The molecule has 0 aliphatic heterocycles. The first-order valence-electron chi connectivity index (χ1n) is 4.22. The van der Waals surface area contributed by atoms with Crippen molar-refractivity contribution < 1.29 is 0 Å². The summed E-state index contributed by atoms with van der Waals surface area (Å²) < 4.78 is 0.881. The van der Waals surface area contributed by atoms with Gasteiger partial charge in [0.15, 0.2) is 5.82 Å². The third kappa shape index (κ3) is 1.72. The van der Waals surface area contributed by atoms with Crippen LogP contribution in [0.1, 0.15) is 11.3 Å². The van der Waals surface area contributed by atoms with Crippen molar-refractivity contribution in [2.24, 2.45) is 0 Å². The highest BCUT2D eigenvalue weighted by Gasteiger charge is 2.07. The number of thiophene rings is 1. The van der Waals surface area contributed by atoms with Crippen LogP contribution in [0.15, 0.2) is 21.4 Å². The average molecular weight is 269 g/mol. The molecule has 72 valence electrons. The zero-order valence-corrected chi connectivity index (χ0v) is 10.3. The van der Waals surface area contributed by atoms with Gasteiger partial charge < -0.3 is 0 Å². The van der Waals surface area contributed by atoms with E-state index in [9.17, 15) is 0 Å². The highest BCUT2D eigenvalue weighted by Crippen LogP contribution is 2.23. The van der Waals surface area contributed by atoms with Gasteiger partial charge in [-0.3, -0.25) is 0 Å². The molecule has 2 rings (SSSR count). The van der Waals surface area contributed by atoms with Crippen LogP contribution in [-0.2, 0) is 0 Å². The van der Waals surface area contributed by atoms with Crippen molar-refractivity contribution >= 4 is 27.3 Å². The van der Waals surface area contributed by atoms with Gasteiger partial charge in [-0.2, -0.15) is 11.3 Å². The molecule has 4 heteroatoms. The van der Waals surface area contributed by atoms with E-state index in [-0.39, 0.29) is 0 Å². The number of halogens is 1. The van der Waals surface area contributed by atoms with Crippen LogP contribution in [0, 0.1) is 13.8 Å². The van der Waals surface area contributed by atoms with E-state index in [1.54, 1.807) is 11.3 Å². The number of hydrogen-bond acceptors (Lipinski definition) is 3. The van der Waals surface area contributed by atoms with Gasteiger partial charge in [-0.25, -0.2) is 9.97 Å². The summed E-state index contributed by atoms with van der Waals surface area (Å²) in [5.74, 6) is 0.793. The van der Waals surface area contributed by atoms with Crippen LogP contribution in [0.5, 0.6) is 0 Å². The van der Waals surface area contributed by atoms with Crippen molar-refractivity contribution in [2.75, 3.05) is 0 Å². The SMILES string of the molecule is Cc1nc(-c2ccsc2)nc(Br)c1C. The molecule has 0 atom stereocenters. The fraction of sp³-hybridized carbons (Fsp3) is 0.200. The molecular weight excluding hydrogens is 260 g/mol. The minimum atomic E-state index is 0.793. The smallest absolute Gasteiger partial charge is 0.161 e. The second-order valence-electron chi connectivity index (χ2n) is 3.06. The minimum Gasteiger partial charge on any atom is -0.233 e. The quantitative estimate of drug-likeness (QED) is 0.739. The lowest BCUT2D eigenvalue weighted by Crippen LogP contribution is -1.95. The maximum Gasteiger partial charge on any atom is 0.161 e. The lowest BCUT2D eigenvalue weighted by atomic mass is 10.2. The van der Waals surface area contributed by atoms with Crippen LogP contribution >= 0.6 is 27.3 Å². The zero-order chi connectivity index (χ0) is 10.1. The second-order valence-corrected chi connectivity index (χ2v) is 4.59. The lowest BCUT2D eigenvalue weighted by Gasteiger charge is -2.04. The topological polar surface area (TPSA) is 25.8 Å². The highest BCUT2D eigenvalue weighted by molar-refractivity contribution is 9.10. The van der Waals surface area contributed by atoms with Gasteiger partial charge in [0.1, 0.15) is 4.60 Å². The van der Waals surface area contributed by atoms with E-state index in [0.29, 0.717) is 0 Å². The molecule has 0 bridgehead atoms. The van der Waals surface area contributed by atoms with Gasteiger partial charge in [0.25, 0.3) is 0 Å². The summed E-state index contributed by atoms with van der Waals surface area (Å²) in [5.41, 5.74) is 3.20. The van der Waals surface area contributed by atoms with Crippen LogP contribution in [0.2, 0.25) is 0 Å². The third-order valence-corrected chi connectivity index (χ3v) is 3.56. The molecule has 0 aliphatic rings. The predicted molar refractivity (Wildman–Crippen MR) is 62.5 cm³/mol. The fourth-order valence-electron chi connectivity index (χ4n) is 1.11. The molecule has 0 unspecified atom stereocenters. The van der Waals surface area contributed by atoms with E-state index in [4.69, 9.17) is 0 Å². The molecule has 0 spiro atoms. The van der Waals surface area contributed by atoms with E-state index < -0.39 is 0 Å². The standard InChI is InChI=1S/C10H9BrN2S/c1-6-7(2)12-10(13-9(6)11)8-3-4-14-5-8/h3-5H,1-2H3.